The van der Waals surface area contributed by atoms with Gasteiger partial charge in [0.2, 0.25) is 0 Å². The van der Waals surface area contributed by atoms with Gasteiger partial charge in [-0.3, -0.25) is 4.57 Å². The van der Waals surface area contributed by atoms with E-state index < -0.39 is 0 Å². The molecular formula is C21H25N5O. The Bertz CT molecular complexity index is 850. The first kappa shape index (κ1) is 17.7. The zero-order valence-electron chi connectivity index (χ0n) is 15.5. The highest BCUT2D eigenvalue weighted by Crippen LogP contribution is 2.26. The summed E-state index contributed by atoms with van der Waals surface area (Å²) in [6, 6.07) is 17.5. The smallest absolute Gasteiger partial charge is 0.123 e. The van der Waals surface area contributed by atoms with Crippen molar-refractivity contribution in [3.63, 3.8) is 0 Å². The largest absolute Gasteiger partial charge is 0.496 e. The SMILES string of the molecule is COc1ccc(-n2cnnc2)cc1CNC1CCCNC1c1ccccc1. The summed E-state index contributed by atoms with van der Waals surface area (Å²) in [6.07, 6.45) is 5.74. The topological polar surface area (TPSA) is 64.0 Å². The number of hydrogen-bond donors (Lipinski definition) is 2. The third kappa shape index (κ3) is 4.02. The van der Waals surface area contributed by atoms with Gasteiger partial charge < -0.3 is 15.4 Å². The Labute approximate surface area is 159 Å². The lowest BCUT2D eigenvalue weighted by Gasteiger charge is -2.34. The Morgan fingerprint density at radius 1 is 1.15 bits per heavy atom. The molecule has 0 bridgehead atoms. The second-order valence-corrected chi connectivity index (χ2v) is 6.84. The van der Waals surface area contributed by atoms with E-state index in [1.165, 1.54) is 12.0 Å². The number of nitrogens with one attached hydrogen (secondary N) is 2. The number of nitrogens with zero attached hydrogens (tertiary/aromatic N) is 3. The van der Waals surface area contributed by atoms with Crippen molar-refractivity contribution in [1.82, 2.24) is 25.4 Å². The zero-order valence-corrected chi connectivity index (χ0v) is 15.5. The van der Waals surface area contributed by atoms with Crippen LogP contribution in [0.2, 0.25) is 0 Å². The highest BCUT2D eigenvalue weighted by atomic mass is 16.5. The van der Waals surface area contributed by atoms with Crippen molar-refractivity contribution in [1.29, 1.82) is 0 Å². The average molecular weight is 363 g/mol. The van der Waals surface area contributed by atoms with Crippen molar-refractivity contribution in [2.24, 2.45) is 0 Å². The summed E-state index contributed by atoms with van der Waals surface area (Å²) >= 11 is 0. The van der Waals surface area contributed by atoms with Crippen LogP contribution in [0.5, 0.6) is 5.75 Å². The second-order valence-electron chi connectivity index (χ2n) is 6.84. The van der Waals surface area contributed by atoms with Gasteiger partial charge in [-0.2, -0.15) is 0 Å². The van der Waals surface area contributed by atoms with Crippen LogP contribution in [0.3, 0.4) is 0 Å². The van der Waals surface area contributed by atoms with E-state index in [2.05, 4.69) is 57.2 Å². The van der Waals surface area contributed by atoms with Gasteiger partial charge in [-0.25, -0.2) is 0 Å². The van der Waals surface area contributed by atoms with Crippen LogP contribution in [0, 0.1) is 0 Å². The first-order valence-electron chi connectivity index (χ1n) is 9.39. The molecule has 2 aromatic carbocycles. The monoisotopic (exact) mass is 363 g/mol. The molecular weight excluding hydrogens is 338 g/mol. The molecule has 0 amide bonds. The number of methoxy groups -OCH3 is 1. The Kier molecular flexibility index (Phi) is 5.46. The van der Waals surface area contributed by atoms with E-state index >= 15 is 0 Å². The Morgan fingerprint density at radius 3 is 2.74 bits per heavy atom. The summed E-state index contributed by atoms with van der Waals surface area (Å²) < 4.78 is 7.47. The van der Waals surface area contributed by atoms with Gasteiger partial charge in [-0.15, -0.1) is 10.2 Å². The van der Waals surface area contributed by atoms with Gasteiger partial charge in [0.25, 0.3) is 0 Å². The molecule has 27 heavy (non-hydrogen) atoms. The van der Waals surface area contributed by atoms with Crippen LogP contribution < -0.4 is 15.4 Å². The minimum atomic E-state index is 0.326. The van der Waals surface area contributed by atoms with Gasteiger partial charge in [0.05, 0.1) is 7.11 Å². The summed E-state index contributed by atoms with van der Waals surface area (Å²) in [5.74, 6) is 0.888. The number of hydrogen-bond acceptors (Lipinski definition) is 5. The van der Waals surface area contributed by atoms with Gasteiger partial charge >= 0.3 is 0 Å². The number of aromatic nitrogens is 3. The van der Waals surface area contributed by atoms with Gasteiger partial charge in [0.1, 0.15) is 18.4 Å². The van der Waals surface area contributed by atoms with Crippen LogP contribution in [0.4, 0.5) is 0 Å². The van der Waals surface area contributed by atoms with Crippen molar-refractivity contribution < 1.29 is 4.74 Å². The Hall–Kier alpha value is -2.70. The van der Waals surface area contributed by atoms with Crippen LogP contribution in [-0.2, 0) is 6.54 Å². The first-order chi connectivity index (χ1) is 13.3. The summed E-state index contributed by atoms with van der Waals surface area (Å²) in [6.45, 7) is 1.80. The molecule has 0 saturated carbocycles. The van der Waals surface area contributed by atoms with E-state index in [-0.39, 0.29) is 0 Å². The van der Waals surface area contributed by atoms with Crippen LogP contribution in [0.25, 0.3) is 5.69 Å². The van der Waals surface area contributed by atoms with Gasteiger partial charge in [0, 0.05) is 29.9 Å². The van der Waals surface area contributed by atoms with Crippen LogP contribution in [0.1, 0.15) is 30.0 Å². The second kappa shape index (κ2) is 8.33. The van der Waals surface area contributed by atoms with Gasteiger partial charge in [0.15, 0.2) is 0 Å². The standard InChI is InChI=1S/C21H25N5O/c1-27-20-10-9-18(26-14-24-25-15-26)12-17(20)13-23-19-8-5-11-22-21(19)16-6-3-2-4-7-16/h2-4,6-7,9-10,12,14-15,19,21-23H,5,8,11,13H2,1H3. The molecule has 2 atom stereocenters. The van der Waals surface area contributed by atoms with Crippen molar-refractivity contribution >= 4 is 0 Å². The quantitative estimate of drug-likeness (QED) is 0.705. The van der Waals surface area contributed by atoms with Crippen molar-refractivity contribution in [2.75, 3.05) is 13.7 Å². The van der Waals surface area contributed by atoms with Gasteiger partial charge in [-0.1, -0.05) is 30.3 Å². The third-order valence-electron chi connectivity index (χ3n) is 5.15. The van der Waals surface area contributed by atoms with E-state index in [1.54, 1.807) is 19.8 Å². The van der Waals surface area contributed by atoms with Crippen LogP contribution >= 0.6 is 0 Å². The average Bonchev–Trinajstić information content (AvgIpc) is 3.28. The van der Waals surface area contributed by atoms with E-state index in [0.29, 0.717) is 12.1 Å². The van der Waals surface area contributed by atoms with Crippen molar-refractivity contribution in [3.8, 4) is 11.4 Å². The summed E-state index contributed by atoms with van der Waals surface area (Å²) in [4.78, 5) is 0. The fourth-order valence-electron chi connectivity index (χ4n) is 3.76. The minimum absolute atomic E-state index is 0.326. The highest BCUT2D eigenvalue weighted by Gasteiger charge is 2.25. The summed E-state index contributed by atoms with van der Waals surface area (Å²) in [5.41, 5.74) is 3.49. The number of rotatable bonds is 6. The molecule has 3 aromatic rings. The molecule has 0 radical (unpaired) electrons. The molecule has 0 spiro atoms. The fraction of sp³-hybridized carbons (Fsp3) is 0.333. The van der Waals surface area contributed by atoms with E-state index in [0.717, 1.165) is 36.5 Å². The van der Waals surface area contributed by atoms with E-state index in [9.17, 15) is 0 Å². The highest BCUT2D eigenvalue weighted by molar-refractivity contribution is 5.44. The van der Waals surface area contributed by atoms with Gasteiger partial charge in [-0.05, 0) is 43.1 Å². The molecule has 140 valence electrons. The maximum Gasteiger partial charge on any atom is 0.123 e. The molecule has 0 aliphatic carbocycles. The maximum absolute atomic E-state index is 5.57. The lowest BCUT2D eigenvalue weighted by atomic mass is 9.92. The molecule has 1 fully saturated rings. The lowest BCUT2D eigenvalue weighted by molar-refractivity contribution is 0.303. The Morgan fingerprint density at radius 2 is 1.96 bits per heavy atom. The van der Waals surface area contributed by atoms with Crippen LogP contribution in [-0.4, -0.2) is 34.5 Å². The molecule has 2 heterocycles. The minimum Gasteiger partial charge on any atom is -0.496 e. The molecule has 1 aliphatic rings. The molecule has 6 nitrogen and oxygen atoms in total. The summed E-state index contributed by atoms with van der Waals surface area (Å²) in [7, 11) is 1.71. The predicted octanol–water partition coefficient (Wildman–Crippen LogP) is 2.86. The van der Waals surface area contributed by atoms with Crippen molar-refractivity contribution in [3.05, 3.63) is 72.3 Å². The zero-order chi connectivity index (χ0) is 18.5. The fourth-order valence-corrected chi connectivity index (χ4v) is 3.76. The third-order valence-corrected chi connectivity index (χ3v) is 5.15. The maximum atomic E-state index is 5.57. The molecule has 6 heteroatoms. The molecule has 2 N–H and O–H groups in total. The molecule has 1 aliphatic heterocycles. The number of ether oxygens (including phenoxy) is 1. The number of benzene rings is 2. The normalized spacial score (nSPS) is 19.7. The molecule has 2 unspecified atom stereocenters. The Balaban J connectivity index is 1.52. The molecule has 1 saturated heterocycles. The summed E-state index contributed by atoms with van der Waals surface area (Å²) in [5, 5.41) is 15.2. The van der Waals surface area contributed by atoms with Crippen molar-refractivity contribution in [2.45, 2.75) is 31.5 Å². The molecule has 4 rings (SSSR count). The van der Waals surface area contributed by atoms with E-state index in [4.69, 9.17) is 4.74 Å². The lowest BCUT2D eigenvalue weighted by Crippen LogP contribution is -2.45. The van der Waals surface area contributed by atoms with E-state index in [1.807, 2.05) is 16.7 Å². The number of piperidine rings is 1. The molecule has 1 aromatic heterocycles. The predicted molar refractivity (Wildman–Crippen MR) is 105 cm³/mol. The first-order valence-corrected chi connectivity index (χ1v) is 9.39. The van der Waals surface area contributed by atoms with Crippen LogP contribution in [0.15, 0.2) is 61.2 Å².